The van der Waals surface area contributed by atoms with Crippen LogP contribution in [0.15, 0.2) is 41.9 Å². The number of carbonyl (C=O) groups excluding carboxylic acids is 1. The number of esters is 1. The van der Waals surface area contributed by atoms with Gasteiger partial charge in [0.25, 0.3) is 0 Å². The summed E-state index contributed by atoms with van der Waals surface area (Å²) in [5, 5.41) is 15.7. The molecule has 0 bridgehead atoms. The van der Waals surface area contributed by atoms with Crippen molar-refractivity contribution < 1.29 is 27.8 Å². The number of halogens is 3. The lowest BCUT2D eigenvalue weighted by atomic mass is 9.95. The maximum absolute atomic E-state index is 13.5. The molecule has 0 saturated carbocycles. The number of benzene rings is 1. The first-order valence-electron chi connectivity index (χ1n) is 7.27. The number of ether oxygens (including phenoxy) is 1. The Labute approximate surface area is 139 Å². The van der Waals surface area contributed by atoms with Crippen LogP contribution in [0.4, 0.5) is 19.1 Å². The third-order valence-electron chi connectivity index (χ3n) is 3.56. The molecule has 0 saturated heterocycles. The van der Waals surface area contributed by atoms with E-state index in [9.17, 15) is 23.1 Å². The zero-order chi connectivity index (χ0) is 18.2. The van der Waals surface area contributed by atoms with Crippen LogP contribution < -0.4 is 5.32 Å². The fourth-order valence-electron chi connectivity index (χ4n) is 2.62. The van der Waals surface area contributed by atoms with E-state index in [1.165, 1.54) is 31.2 Å². The molecule has 3 rings (SSSR count). The molecule has 7 nitrogen and oxygen atoms in total. The number of hydrogen-bond acceptors (Lipinski definition) is 6. The molecule has 0 spiro atoms. The summed E-state index contributed by atoms with van der Waals surface area (Å²) < 4.78 is 46.5. The normalized spacial score (nSPS) is 17.0. The van der Waals surface area contributed by atoms with Crippen LogP contribution >= 0.6 is 0 Å². The van der Waals surface area contributed by atoms with Gasteiger partial charge in [0.15, 0.2) is 0 Å². The number of alkyl halides is 3. The second-order valence-electron chi connectivity index (χ2n) is 5.16. The lowest BCUT2D eigenvalue weighted by Gasteiger charge is -2.30. The molecule has 132 valence electrons. The number of nitrogens with one attached hydrogen (secondary N) is 1. The van der Waals surface area contributed by atoms with Crippen LogP contribution in [0.3, 0.4) is 0 Å². The maximum atomic E-state index is 13.5. The van der Waals surface area contributed by atoms with Gasteiger partial charge in [-0.05, 0) is 24.6 Å². The van der Waals surface area contributed by atoms with Crippen molar-refractivity contribution in [1.82, 2.24) is 14.8 Å². The standard InChI is InChI=1S/C15H13F3N4O3/c1-2-25-13(24)10-11(8-4-3-5-9(23)6-8)22-14(19-7-20-22)21-12(10)15(16,17)18/h3-7,11,23H,2H2,1H3,(H,19,20,21). The van der Waals surface area contributed by atoms with E-state index >= 15 is 0 Å². The Bertz CT molecular complexity index is 845. The van der Waals surface area contributed by atoms with Gasteiger partial charge in [-0.25, -0.2) is 9.48 Å². The molecule has 1 aromatic carbocycles. The van der Waals surface area contributed by atoms with Crippen molar-refractivity contribution in [3.63, 3.8) is 0 Å². The summed E-state index contributed by atoms with van der Waals surface area (Å²) in [5.74, 6) is -1.46. The number of rotatable bonds is 3. The second kappa shape index (κ2) is 6.11. The fraction of sp³-hybridized carbons (Fsp3) is 0.267. The smallest absolute Gasteiger partial charge is 0.431 e. The average Bonchev–Trinajstić information content (AvgIpc) is 3.00. The molecule has 0 radical (unpaired) electrons. The van der Waals surface area contributed by atoms with Gasteiger partial charge in [0.2, 0.25) is 5.95 Å². The number of aromatic hydroxyl groups is 1. The second-order valence-corrected chi connectivity index (χ2v) is 5.16. The Kier molecular flexibility index (Phi) is 4.11. The van der Waals surface area contributed by atoms with Gasteiger partial charge < -0.3 is 15.2 Å². The first kappa shape index (κ1) is 16.8. The number of anilines is 1. The van der Waals surface area contributed by atoms with Gasteiger partial charge in [0.05, 0.1) is 12.2 Å². The van der Waals surface area contributed by atoms with Crippen LogP contribution in [0.1, 0.15) is 18.5 Å². The van der Waals surface area contributed by atoms with Crippen molar-refractivity contribution in [3.05, 3.63) is 47.4 Å². The monoisotopic (exact) mass is 354 g/mol. The molecule has 25 heavy (non-hydrogen) atoms. The average molecular weight is 354 g/mol. The van der Waals surface area contributed by atoms with Crippen LogP contribution in [0.25, 0.3) is 0 Å². The summed E-state index contributed by atoms with van der Waals surface area (Å²) in [4.78, 5) is 16.1. The predicted molar refractivity (Wildman–Crippen MR) is 79.6 cm³/mol. The van der Waals surface area contributed by atoms with Gasteiger partial charge in [-0.2, -0.15) is 23.3 Å². The molecule has 2 aromatic rings. The number of allylic oxidation sites excluding steroid dienone is 1. The highest BCUT2D eigenvalue weighted by Gasteiger charge is 2.46. The number of fused-ring (bicyclic) bond motifs is 1. The van der Waals surface area contributed by atoms with Crippen molar-refractivity contribution in [2.45, 2.75) is 19.1 Å². The summed E-state index contributed by atoms with van der Waals surface area (Å²) in [6, 6.07) is 4.31. The van der Waals surface area contributed by atoms with E-state index in [0.29, 0.717) is 0 Å². The number of hydrogen-bond donors (Lipinski definition) is 2. The van der Waals surface area contributed by atoms with Gasteiger partial charge in [0.1, 0.15) is 23.8 Å². The van der Waals surface area contributed by atoms with E-state index in [1.807, 2.05) is 0 Å². The van der Waals surface area contributed by atoms with Crippen LogP contribution in [-0.2, 0) is 9.53 Å². The highest BCUT2D eigenvalue weighted by Crippen LogP contribution is 2.41. The van der Waals surface area contributed by atoms with Gasteiger partial charge in [-0.15, -0.1) is 0 Å². The van der Waals surface area contributed by atoms with Crippen molar-refractivity contribution in [1.29, 1.82) is 0 Å². The minimum Gasteiger partial charge on any atom is -0.508 e. The minimum atomic E-state index is -4.84. The molecule has 0 aliphatic carbocycles. The number of nitrogens with zero attached hydrogens (tertiary/aromatic N) is 3. The molecule has 2 N–H and O–H groups in total. The van der Waals surface area contributed by atoms with Crippen LogP contribution in [0.2, 0.25) is 0 Å². The van der Waals surface area contributed by atoms with Crippen molar-refractivity contribution in [3.8, 4) is 5.75 Å². The molecule has 1 aliphatic rings. The Hall–Kier alpha value is -3.04. The third-order valence-corrected chi connectivity index (χ3v) is 3.56. The SMILES string of the molecule is CCOC(=O)C1=C(C(F)(F)F)Nc2ncnn2C1c1cccc(O)c1. The van der Waals surface area contributed by atoms with Gasteiger partial charge >= 0.3 is 12.1 Å². The van der Waals surface area contributed by atoms with Gasteiger partial charge in [-0.3, -0.25) is 0 Å². The summed E-state index contributed by atoms with van der Waals surface area (Å²) in [7, 11) is 0. The molecule has 1 aromatic heterocycles. The predicted octanol–water partition coefficient (Wildman–Crippen LogP) is 2.38. The summed E-state index contributed by atoms with van der Waals surface area (Å²) >= 11 is 0. The van der Waals surface area contributed by atoms with Crippen molar-refractivity contribution in [2.24, 2.45) is 0 Å². The van der Waals surface area contributed by atoms with Gasteiger partial charge in [-0.1, -0.05) is 12.1 Å². The molecule has 2 heterocycles. The number of phenolic OH excluding ortho intramolecular Hbond substituents is 1. The number of carbonyl (C=O) groups is 1. The molecule has 0 amide bonds. The molecular weight excluding hydrogens is 341 g/mol. The van der Waals surface area contributed by atoms with E-state index in [1.54, 1.807) is 0 Å². The van der Waals surface area contributed by atoms with E-state index in [4.69, 9.17) is 4.74 Å². The van der Waals surface area contributed by atoms with Crippen molar-refractivity contribution >= 4 is 11.9 Å². The quantitative estimate of drug-likeness (QED) is 0.823. The zero-order valence-electron chi connectivity index (χ0n) is 12.9. The van der Waals surface area contributed by atoms with Crippen LogP contribution in [0.5, 0.6) is 5.75 Å². The molecule has 1 unspecified atom stereocenters. The van der Waals surface area contributed by atoms with Crippen molar-refractivity contribution in [2.75, 3.05) is 11.9 Å². The fourth-order valence-corrected chi connectivity index (χ4v) is 2.62. The first-order chi connectivity index (χ1) is 11.8. The third kappa shape index (κ3) is 3.02. The maximum Gasteiger partial charge on any atom is 0.431 e. The Morgan fingerprint density at radius 2 is 2.20 bits per heavy atom. The Morgan fingerprint density at radius 3 is 2.84 bits per heavy atom. The minimum absolute atomic E-state index is 0.0928. The summed E-state index contributed by atoms with van der Waals surface area (Å²) in [5.41, 5.74) is -1.68. The van der Waals surface area contributed by atoms with E-state index in [2.05, 4.69) is 15.4 Å². The van der Waals surface area contributed by atoms with Crippen LogP contribution in [0, 0.1) is 0 Å². The highest BCUT2D eigenvalue weighted by atomic mass is 19.4. The lowest BCUT2D eigenvalue weighted by molar-refractivity contribution is -0.140. The summed E-state index contributed by atoms with van der Waals surface area (Å²) in [6.45, 7) is 1.40. The zero-order valence-corrected chi connectivity index (χ0v) is 12.9. The van der Waals surface area contributed by atoms with E-state index < -0.39 is 29.5 Å². The first-order valence-corrected chi connectivity index (χ1v) is 7.27. The largest absolute Gasteiger partial charge is 0.508 e. The molecular formula is C15H13F3N4O3. The van der Waals surface area contributed by atoms with Crippen LogP contribution in [-0.4, -0.2) is 38.6 Å². The molecule has 10 heteroatoms. The molecule has 1 aliphatic heterocycles. The number of aromatic nitrogens is 3. The highest BCUT2D eigenvalue weighted by molar-refractivity contribution is 5.92. The number of phenols is 1. The topological polar surface area (TPSA) is 89.3 Å². The Morgan fingerprint density at radius 1 is 1.44 bits per heavy atom. The Balaban J connectivity index is 2.26. The van der Waals surface area contributed by atoms with Gasteiger partial charge in [0, 0.05) is 0 Å². The van der Waals surface area contributed by atoms with E-state index in [-0.39, 0.29) is 23.9 Å². The molecule has 1 atom stereocenters. The summed E-state index contributed by atoms with van der Waals surface area (Å²) in [6.07, 6.45) is -3.77. The molecule has 0 fully saturated rings. The van der Waals surface area contributed by atoms with E-state index in [0.717, 1.165) is 11.0 Å². The lowest BCUT2D eigenvalue weighted by Crippen LogP contribution is -2.35.